The van der Waals surface area contributed by atoms with Crippen LogP contribution in [0.4, 0.5) is 0 Å². The predicted octanol–water partition coefficient (Wildman–Crippen LogP) is 4.15. The molecule has 4 bridgehead atoms. The molecule has 0 aromatic rings. The number of ether oxygens (including phenoxy) is 2. The van der Waals surface area contributed by atoms with Gasteiger partial charge in [-0.05, 0) is 49.2 Å². The topological polar surface area (TPSA) is 65.0 Å². The summed E-state index contributed by atoms with van der Waals surface area (Å²) in [6.45, 7) is 15.7. The second-order valence-electron chi connectivity index (χ2n) is 11.2. The average Bonchev–Trinajstić information content (AvgIpc) is 3.17. The van der Waals surface area contributed by atoms with Crippen molar-refractivity contribution in [2.75, 3.05) is 13.2 Å². The molecule has 0 radical (unpaired) electrons. The SMILES string of the molecule is C/C(=C\C1=C[C@@H]2C(=O)O[C@@]3(C)C[C@@H](O[Si](C)(C)C(C)(C)C)[C@@H]2[C@H]3[C@@]12C=CCO2)CO. The minimum absolute atomic E-state index is 0.0102. The lowest BCUT2D eigenvalue weighted by molar-refractivity contribution is -0.195. The van der Waals surface area contributed by atoms with Gasteiger partial charge in [0.2, 0.25) is 0 Å². The van der Waals surface area contributed by atoms with Crippen LogP contribution >= 0.6 is 0 Å². The molecule has 1 saturated heterocycles. The van der Waals surface area contributed by atoms with Gasteiger partial charge in [-0.25, -0.2) is 0 Å². The van der Waals surface area contributed by atoms with E-state index in [4.69, 9.17) is 13.9 Å². The molecule has 2 aliphatic carbocycles. The maximum absolute atomic E-state index is 13.0. The summed E-state index contributed by atoms with van der Waals surface area (Å²) < 4.78 is 19.4. The van der Waals surface area contributed by atoms with Crippen LogP contribution in [0.5, 0.6) is 0 Å². The zero-order valence-corrected chi connectivity index (χ0v) is 20.3. The highest BCUT2D eigenvalue weighted by molar-refractivity contribution is 6.74. The first-order valence-corrected chi connectivity index (χ1v) is 14.0. The number of aliphatic hydroxyl groups is 1. The van der Waals surface area contributed by atoms with Crippen LogP contribution in [-0.2, 0) is 18.7 Å². The maximum atomic E-state index is 13.0. The van der Waals surface area contributed by atoms with E-state index >= 15 is 0 Å². The normalized spacial score (nSPS) is 40.7. The highest BCUT2D eigenvalue weighted by atomic mass is 28.4. The van der Waals surface area contributed by atoms with E-state index in [2.05, 4.69) is 52.9 Å². The van der Waals surface area contributed by atoms with E-state index in [0.29, 0.717) is 13.0 Å². The monoisotopic (exact) mass is 432 g/mol. The van der Waals surface area contributed by atoms with Crippen molar-refractivity contribution in [3.63, 3.8) is 0 Å². The van der Waals surface area contributed by atoms with Crippen molar-refractivity contribution in [1.82, 2.24) is 0 Å². The second kappa shape index (κ2) is 6.89. The quantitative estimate of drug-likeness (QED) is 0.411. The molecule has 30 heavy (non-hydrogen) atoms. The summed E-state index contributed by atoms with van der Waals surface area (Å²) in [7, 11) is -2.02. The van der Waals surface area contributed by atoms with Gasteiger partial charge in [0.25, 0.3) is 0 Å². The molecule has 4 rings (SSSR count). The molecule has 6 atom stereocenters. The lowest BCUT2D eigenvalue weighted by atomic mass is 9.60. The molecule has 2 fully saturated rings. The summed E-state index contributed by atoms with van der Waals surface area (Å²) in [5, 5.41) is 9.69. The minimum atomic E-state index is -2.02. The molecule has 1 saturated carbocycles. The first kappa shape index (κ1) is 22.0. The Morgan fingerprint density at radius 2 is 2.10 bits per heavy atom. The van der Waals surface area contributed by atoms with Crippen molar-refractivity contribution in [2.24, 2.45) is 17.8 Å². The molecule has 2 aliphatic heterocycles. The van der Waals surface area contributed by atoms with Gasteiger partial charge in [-0.2, -0.15) is 0 Å². The third kappa shape index (κ3) is 3.10. The van der Waals surface area contributed by atoms with Crippen molar-refractivity contribution in [1.29, 1.82) is 0 Å². The molecule has 0 unspecified atom stereocenters. The Labute approximate surface area is 181 Å². The fourth-order valence-electron chi connectivity index (χ4n) is 5.68. The Bertz CT molecular complexity index is 835. The highest BCUT2D eigenvalue weighted by Crippen LogP contribution is 2.63. The summed E-state index contributed by atoms with van der Waals surface area (Å²) in [6, 6.07) is 0. The van der Waals surface area contributed by atoms with E-state index in [9.17, 15) is 9.90 Å². The standard InChI is InChI=1S/C24H36O5Si/c1-15(14-25)11-16-12-17-19-18(29-30(6,7)22(2,3)4)13-23(5,28-21(17)26)20(19)24(16)9-8-10-27-24/h8-9,11-12,17-20,25H,10,13-14H2,1-7H3/b15-11+/t17-,18+,19+,20+,23-,24+/m0/s1. The fourth-order valence-corrected chi connectivity index (χ4v) is 7.03. The average molecular weight is 433 g/mol. The Morgan fingerprint density at radius 1 is 1.40 bits per heavy atom. The molecule has 2 heterocycles. The molecule has 1 spiro atoms. The molecular formula is C24H36O5Si. The molecule has 4 aliphatic rings. The Morgan fingerprint density at radius 3 is 2.67 bits per heavy atom. The van der Waals surface area contributed by atoms with E-state index in [-0.39, 0.29) is 41.5 Å². The van der Waals surface area contributed by atoms with Crippen LogP contribution in [0, 0.1) is 17.8 Å². The van der Waals surface area contributed by atoms with Crippen molar-refractivity contribution >= 4 is 14.3 Å². The van der Waals surface area contributed by atoms with Gasteiger partial charge >= 0.3 is 5.97 Å². The number of rotatable bonds is 4. The van der Waals surface area contributed by atoms with E-state index in [1.54, 1.807) is 0 Å². The number of esters is 1. The number of carbonyl (C=O) groups is 1. The maximum Gasteiger partial charge on any atom is 0.313 e. The van der Waals surface area contributed by atoms with Crippen molar-refractivity contribution in [3.05, 3.63) is 35.5 Å². The zero-order valence-electron chi connectivity index (χ0n) is 19.3. The molecule has 166 valence electrons. The van der Waals surface area contributed by atoms with Crippen LogP contribution in [0.2, 0.25) is 18.1 Å². The van der Waals surface area contributed by atoms with E-state index in [1.165, 1.54) is 0 Å². The molecule has 1 N–H and O–H groups in total. The lowest BCUT2D eigenvalue weighted by Crippen LogP contribution is -2.60. The zero-order chi connectivity index (χ0) is 22.1. The van der Waals surface area contributed by atoms with Gasteiger partial charge in [0.15, 0.2) is 8.32 Å². The van der Waals surface area contributed by atoms with Gasteiger partial charge < -0.3 is 19.0 Å². The molecule has 6 heteroatoms. The Hall–Kier alpha value is -1.21. The van der Waals surface area contributed by atoms with Crippen LogP contribution in [0.25, 0.3) is 0 Å². The Kier molecular flexibility index (Phi) is 5.05. The minimum Gasteiger partial charge on any atom is -0.458 e. The fraction of sp³-hybridized carbons (Fsp3) is 0.708. The van der Waals surface area contributed by atoms with Crippen molar-refractivity contribution in [3.8, 4) is 0 Å². The summed E-state index contributed by atoms with van der Waals surface area (Å²) in [6.07, 6.45) is 8.86. The van der Waals surface area contributed by atoms with Crippen LogP contribution in [0.15, 0.2) is 35.5 Å². The predicted molar refractivity (Wildman–Crippen MR) is 118 cm³/mol. The summed E-state index contributed by atoms with van der Waals surface area (Å²) >= 11 is 0. The molecular weight excluding hydrogens is 396 g/mol. The second-order valence-corrected chi connectivity index (χ2v) is 16.0. The molecule has 5 nitrogen and oxygen atoms in total. The van der Waals surface area contributed by atoms with Gasteiger partial charge in [0.1, 0.15) is 11.2 Å². The number of hydrogen-bond donors (Lipinski definition) is 1. The van der Waals surface area contributed by atoms with Gasteiger partial charge in [-0.15, -0.1) is 0 Å². The number of hydrogen-bond acceptors (Lipinski definition) is 5. The first-order chi connectivity index (χ1) is 13.8. The van der Waals surface area contributed by atoms with Crippen LogP contribution in [0.3, 0.4) is 0 Å². The molecule has 0 amide bonds. The van der Waals surface area contributed by atoms with Gasteiger partial charge in [-0.3, -0.25) is 4.79 Å². The van der Waals surface area contributed by atoms with E-state index in [1.807, 2.05) is 19.1 Å². The highest BCUT2D eigenvalue weighted by Gasteiger charge is 2.71. The first-order valence-electron chi connectivity index (χ1n) is 11.1. The molecule has 0 aromatic carbocycles. The van der Waals surface area contributed by atoms with Gasteiger partial charge in [-0.1, -0.05) is 39.0 Å². The van der Waals surface area contributed by atoms with Crippen molar-refractivity contribution in [2.45, 2.75) is 76.5 Å². The van der Waals surface area contributed by atoms with Crippen LogP contribution in [0.1, 0.15) is 41.0 Å². The van der Waals surface area contributed by atoms with Gasteiger partial charge in [0, 0.05) is 18.3 Å². The van der Waals surface area contributed by atoms with E-state index in [0.717, 1.165) is 11.1 Å². The van der Waals surface area contributed by atoms with Gasteiger partial charge in [0.05, 0.1) is 25.2 Å². The summed E-state index contributed by atoms with van der Waals surface area (Å²) in [4.78, 5) is 13.0. The van der Waals surface area contributed by atoms with Crippen molar-refractivity contribution < 1.29 is 23.8 Å². The third-order valence-corrected chi connectivity index (χ3v) is 12.6. The van der Waals surface area contributed by atoms with Crippen LogP contribution in [-0.4, -0.2) is 49.9 Å². The number of carbonyl (C=O) groups excluding carboxylic acids is 1. The third-order valence-electron chi connectivity index (χ3n) is 8.06. The lowest BCUT2D eigenvalue weighted by Gasteiger charge is -2.53. The largest absolute Gasteiger partial charge is 0.458 e. The number of aliphatic hydroxyl groups excluding tert-OH is 1. The smallest absolute Gasteiger partial charge is 0.313 e. The summed E-state index contributed by atoms with van der Waals surface area (Å²) in [5.41, 5.74) is 0.535. The van der Waals surface area contributed by atoms with Crippen LogP contribution < -0.4 is 0 Å². The Balaban J connectivity index is 1.82. The molecule has 0 aromatic heterocycles. The summed E-state index contributed by atoms with van der Waals surface area (Å²) in [5.74, 6) is -0.491. The van der Waals surface area contributed by atoms with E-state index < -0.39 is 19.5 Å².